The molecule has 0 radical (unpaired) electrons. The number of methoxy groups -OCH3 is 1. The van der Waals surface area contributed by atoms with Crippen LogP contribution in [0.25, 0.3) is 0 Å². The molecule has 0 saturated heterocycles. The van der Waals surface area contributed by atoms with Crippen LogP contribution in [-0.2, 0) is 14.8 Å². The monoisotopic (exact) mass is 294 g/mol. The number of hydrogen-bond acceptors (Lipinski definition) is 4. The van der Waals surface area contributed by atoms with Crippen LogP contribution in [0.1, 0.15) is 24.0 Å². The number of ether oxygens (including phenoxy) is 1. The number of rotatable bonds is 6. The Kier molecular flexibility index (Phi) is 4.43. The number of sulfonamides is 1. The first-order chi connectivity index (χ1) is 9.50. The van der Waals surface area contributed by atoms with E-state index in [2.05, 4.69) is 0 Å². The Morgan fingerprint density at radius 1 is 1.45 bits per heavy atom. The minimum atomic E-state index is -3.57. The van der Waals surface area contributed by atoms with Gasteiger partial charge in [0, 0.05) is 19.7 Å². The van der Waals surface area contributed by atoms with E-state index < -0.39 is 10.0 Å². The van der Waals surface area contributed by atoms with Crippen molar-refractivity contribution >= 4 is 10.0 Å². The molecule has 0 atom stereocenters. The summed E-state index contributed by atoms with van der Waals surface area (Å²) in [6, 6.07) is 6.81. The van der Waals surface area contributed by atoms with Crippen LogP contribution in [0, 0.1) is 18.3 Å². The van der Waals surface area contributed by atoms with Crippen molar-refractivity contribution in [2.75, 3.05) is 20.3 Å². The Balaban J connectivity index is 2.39. The number of nitriles is 1. The van der Waals surface area contributed by atoms with Crippen molar-refractivity contribution in [2.24, 2.45) is 0 Å². The highest BCUT2D eigenvalue weighted by Gasteiger charge is 2.38. The SMILES string of the molecule is COCCN(C1CC1)S(=O)(=O)c1cc(C#N)ccc1C. The van der Waals surface area contributed by atoms with E-state index in [1.165, 1.54) is 10.4 Å². The second-order valence-electron chi connectivity index (χ2n) is 4.93. The second-order valence-corrected chi connectivity index (χ2v) is 6.79. The van der Waals surface area contributed by atoms with Gasteiger partial charge in [-0.1, -0.05) is 6.07 Å². The third kappa shape index (κ3) is 3.01. The molecule has 0 heterocycles. The van der Waals surface area contributed by atoms with Gasteiger partial charge in [0.15, 0.2) is 0 Å². The van der Waals surface area contributed by atoms with Crippen LogP contribution in [0.2, 0.25) is 0 Å². The summed E-state index contributed by atoms with van der Waals surface area (Å²) in [5.74, 6) is 0. The summed E-state index contributed by atoms with van der Waals surface area (Å²) in [7, 11) is -2.02. The van der Waals surface area contributed by atoms with E-state index in [0.29, 0.717) is 24.3 Å². The van der Waals surface area contributed by atoms with Gasteiger partial charge in [-0.3, -0.25) is 0 Å². The highest BCUT2D eigenvalue weighted by atomic mass is 32.2. The number of aryl methyl sites for hydroxylation is 1. The zero-order valence-corrected chi connectivity index (χ0v) is 12.5. The predicted octanol–water partition coefficient (Wildman–Crippen LogP) is 1.67. The Labute approximate surface area is 119 Å². The fourth-order valence-corrected chi connectivity index (χ4v) is 4.04. The third-order valence-electron chi connectivity index (χ3n) is 3.37. The van der Waals surface area contributed by atoms with Crippen molar-refractivity contribution in [2.45, 2.75) is 30.7 Å². The van der Waals surface area contributed by atoms with E-state index in [4.69, 9.17) is 10.00 Å². The van der Waals surface area contributed by atoms with Crippen LogP contribution in [0.3, 0.4) is 0 Å². The summed E-state index contributed by atoms with van der Waals surface area (Å²) in [4.78, 5) is 0.222. The molecule has 0 aliphatic heterocycles. The summed E-state index contributed by atoms with van der Waals surface area (Å²) in [6.07, 6.45) is 1.78. The van der Waals surface area contributed by atoms with Gasteiger partial charge in [-0.25, -0.2) is 8.42 Å². The van der Waals surface area contributed by atoms with E-state index in [-0.39, 0.29) is 10.9 Å². The first kappa shape index (κ1) is 15.0. The molecule has 1 aliphatic rings. The molecule has 5 nitrogen and oxygen atoms in total. The van der Waals surface area contributed by atoms with Gasteiger partial charge in [-0.05, 0) is 37.5 Å². The minimum absolute atomic E-state index is 0.0697. The second kappa shape index (κ2) is 5.92. The molecule has 1 aromatic rings. The summed E-state index contributed by atoms with van der Waals surface area (Å²) in [6.45, 7) is 2.46. The average molecular weight is 294 g/mol. The quantitative estimate of drug-likeness (QED) is 0.800. The summed E-state index contributed by atoms with van der Waals surface area (Å²) in [5, 5.41) is 8.94. The number of nitrogens with zero attached hydrogens (tertiary/aromatic N) is 2. The van der Waals surface area contributed by atoms with Gasteiger partial charge in [0.05, 0.1) is 23.1 Å². The lowest BCUT2D eigenvalue weighted by Crippen LogP contribution is -2.36. The Morgan fingerprint density at radius 3 is 2.70 bits per heavy atom. The van der Waals surface area contributed by atoms with Crippen molar-refractivity contribution in [3.63, 3.8) is 0 Å². The van der Waals surface area contributed by atoms with Gasteiger partial charge in [0.2, 0.25) is 10.0 Å². The molecule has 6 heteroatoms. The van der Waals surface area contributed by atoms with Crippen LogP contribution in [-0.4, -0.2) is 39.0 Å². The first-order valence-corrected chi connectivity index (χ1v) is 7.96. The summed E-state index contributed by atoms with van der Waals surface area (Å²) < 4.78 is 32.0. The van der Waals surface area contributed by atoms with E-state index in [1.54, 1.807) is 26.2 Å². The molecule has 1 aromatic carbocycles. The lowest BCUT2D eigenvalue weighted by molar-refractivity contribution is 0.177. The topological polar surface area (TPSA) is 70.4 Å². The van der Waals surface area contributed by atoms with Crippen molar-refractivity contribution in [1.29, 1.82) is 5.26 Å². The molecule has 0 spiro atoms. The lowest BCUT2D eigenvalue weighted by Gasteiger charge is -2.22. The van der Waals surface area contributed by atoms with Crippen LogP contribution >= 0.6 is 0 Å². The highest BCUT2D eigenvalue weighted by molar-refractivity contribution is 7.89. The van der Waals surface area contributed by atoms with Crippen molar-refractivity contribution < 1.29 is 13.2 Å². The molecule has 2 rings (SSSR count). The molecule has 0 unspecified atom stereocenters. The van der Waals surface area contributed by atoms with Crippen molar-refractivity contribution in [3.8, 4) is 6.07 Å². The van der Waals surface area contributed by atoms with E-state index >= 15 is 0 Å². The fourth-order valence-electron chi connectivity index (χ4n) is 2.12. The fraction of sp³-hybridized carbons (Fsp3) is 0.500. The largest absolute Gasteiger partial charge is 0.383 e. The summed E-state index contributed by atoms with van der Waals surface area (Å²) in [5.41, 5.74) is 1.02. The highest BCUT2D eigenvalue weighted by Crippen LogP contribution is 2.32. The van der Waals surface area contributed by atoms with Gasteiger partial charge < -0.3 is 4.74 Å². The van der Waals surface area contributed by atoms with Gasteiger partial charge in [-0.2, -0.15) is 9.57 Å². The molecular weight excluding hydrogens is 276 g/mol. The summed E-state index contributed by atoms with van der Waals surface area (Å²) >= 11 is 0. The van der Waals surface area contributed by atoms with Gasteiger partial charge >= 0.3 is 0 Å². The van der Waals surface area contributed by atoms with Crippen LogP contribution in [0.4, 0.5) is 0 Å². The van der Waals surface area contributed by atoms with Gasteiger partial charge in [0.1, 0.15) is 0 Å². The molecular formula is C14H18N2O3S. The smallest absolute Gasteiger partial charge is 0.243 e. The standard InChI is InChI=1S/C14H18N2O3S/c1-11-3-4-12(10-15)9-14(11)20(17,18)16(7-8-19-2)13-5-6-13/h3-4,9,13H,5-8H2,1-2H3. The zero-order chi connectivity index (χ0) is 14.8. The molecule has 108 valence electrons. The maximum absolute atomic E-state index is 12.8. The van der Waals surface area contributed by atoms with Gasteiger partial charge in [0.25, 0.3) is 0 Å². The van der Waals surface area contributed by atoms with E-state index in [1.807, 2.05) is 6.07 Å². The van der Waals surface area contributed by atoms with Gasteiger partial charge in [-0.15, -0.1) is 0 Å². The third-order valence-corrected chi connectivity index (χ3v) is 5.47. The molecule has 0 amide bonds. The molecule has 0 bridgehead atoms. The lowest BCUT2D eigenvalue weighted by atomic mass is 10.2. The Morgan fingerprint density at radius 2 is 2.15 bits per heavy atom. The maximum atomic E-state index is 12.8. The number of benzene rings is 1. The molecule has 0 aromatic heterocycles. The molecule has 1 aliphatic carbocycles. The van der Waals surface area contributed by atoms with Crippen LogP contribution in [0.5, 0.6) is 0 Å². The number of hydrogen-bond donors (Lipinski definition) is 0. The zero-order valence-electron chi connectivity index (χ0n) is 11.7. The molecule has 20 heavy (non-hydrogen) atoms. The minimum Gasteiger partial charge on any atom is -0.383 e. The normalized spacial score (nSPS) is 15.3. The Bertz CT molecular complexity index is 630. The van der Waals surface area contributed by atoms with Crippen LogP contribution in [0.15, 0.2) is 23.1 Å². The van der Waals surface area contributed by atoms with Crippen LogP contribution < -0.4 is 0 Å². The average Bonchev–Trinajstić information content (AvgIpc) is 3.24. The molecule has 1 saturated carbocycles. The molecule has 0 N–H and O–H groups in total. The Hall–Kier alpha value is -1.42. The molecule has 1 fully saturated rings. The van der Waals surface area contributed by atoms with Crippen molar-refractivity contribution in [1.82, 2.24) is 4.31 Å². The maximum Gasteiger partial charge on any atom is 0.243 e. The van der Waals surface area contributed by atoms with E-state index in [9.17, 15) is 8.42 Å². The van der Waals surface area contributed by atoms with Crippen molar-refractivity contribution in [3.05, 3.63) is 29.3 Å². The van der Waals surface area contributed by atoms with E-state index in [0.717, 1.165) is 12.8 Å². The predicted molar refractivity (Wildman–Crippen MR) is 74.7 cm³/mol. The first-order valence-electron chi connectivity index (χ1n) is 6.52.